The lowest BCUT2D eigenvalue weighted by Gasteiger charge is -1.93. The van der Waals surface area contributed by atoms with Gasteiger partial charge in [0.1, 0.15) is 5.15 Å². The molecule has 0 aliphatic heterocycles. The fraction of sp³-hybridized carbons (Fsp3) is 0. The van der Waals surface area contributed by atoms with Crippen molar-refractivity contribution in [2.45, 2.75) is 0 Å². The number of anilines is 1. The van der Waals surface area contributed by atoms with Gasteiger partial charge in [0.2, 0.25) is 0 Å². The fourth-order valence-electron chi connectivity index (χ4n) is 0.943. The molecule has 0 spiro atoms. The molecule has 2 rings (SSSR count). The molecule has 0 bridgehead atoms. The Balaban J connectivity index is 2.41. The number of halogens is 1. The number of nitrogens with two attached hydrogens (primary N) is 1. The SMILES string of the molecule is Nc1ncc(-c2ccc(Cl)nc2)o1. The number of hydrogen-bond donors (Lipinski definition) is 1. The summed E-state index contributed by atoms with van der Waals surface area (Å²) in [6, 6.07) is 3.61. The first-order valence-electron chi connectivity index (χ1n) is 3.59. The van der Waals surface area contributed by atoms with Crippen molar-refractivity contribution in [1.29, 1.82) is 0 Å². The summed E-state index contributed by atoms with van der Waals surface area (Å²) in [5.74, 6) is 0.585. The van der Waals surface area contributed by atoms with Crippen LogP contribution in [0.15, 0.2) is 28.9 Å². The second-order valence-electron chi connectivity index (χ2n) is 2.43. The van der Waals surface area contributed by atoms with Crippen molar-refractivity contribution >= 4 is 17.6 Å². The lowest BCUT2D eigenvalue weighted by Crippen LogP contribution is -1.80. The summed E-state index contributed by atoms with van der Waals surface area (Å²) < 4.78 is 5.09. The predicted molar refractivity (Wildman–Crippen MR) is 49.2 cm³/mol. The Labute approximate surface area is 79.4 Å². The van der Waals surface area contributed by atoms with Crippen LogP contribution in [0.2, 0.25) is 5.15 Å². The average molecular weight is 196 g/mol. The van der Waals surface area contributed by atoms with Crippen LogP contribution in [0.25, 0.3) is 11.3 Å². The molecular formula is C8H6ClN3O. The van der Waals surface area contributed by atoms with Crippen molar-refractivity contribution in [3.63, 3.8) is 0 Å². The average Bonchev–Trinajstić information content (AvgIpc) is 2.53. The number of hydrogen-bond acceptors (Lipinski definition) is 4. The van der Waals surface area contributed by atoms with Crippen LogP contribution in [0.3, 0.4) is 0 Å². The van der Waals surface area contributed by atoms with Gasteiger partial charge in [0.15, 0.2) is 5.76 Å². The third-order valence-corrected chi connectivity index (χ3v) is 1.76. The van der Waals surface area contributed by atoms with Crippen LogP contribution in [0, 0.1) is 0 Å². The number of aromatic nitrogens is 2. The zero-order valence-corrected chi connectivity index (χ0v) is 7.32. The van der Waals surface area contributed by atoms with Crippen molar-refractivity contribution in [2.24, 2.45) is 0 Å². The molecule has 0 aromatic carbocycles. The second kappa shape index (κ2) is 3.06. The van der Waals surface area contributed by atoms with E-state index in [1.807, 2.05) is 0 Å². The Morgan fingerprint density at radius 1 is 1.23 bits per heavy atom. The van der Waals surface area contributed by atoms with Gasteiger partial charge in [0, 0.05) is 11.8 Å². The first-order chi connectivity index (χ1) is 6.25. The van der Waals surface area contributed by atoms with E-state index < -0.39 is 0 Å². The molecular weight excluding hydrogens is 190 g/mol. The van der Waals surface area contributed by atoms with Crippen molar-refractivity contribution < 1.29 is 4.42 Å². The molecule has 0 amide bonds. The molecule has 2 aromatic rings. The quantitative estimate of drug-likeness (QED) is 0.707. The molecule has 0 saturated carbocycles. The maximum Gasteiger partial charge on any atom is 0.292 e. The highest BCUT2D eigenvalue weighted by Gasteiger charge is 2.03. The van der Waals surface area contributed by atoms with Crippen LogP contribution in [0.1, 0.15) is 0 Å². The Kier molecular flexibility index (Phi) is 1.90. The third-order valence-electron chi connectivity index (χ3n) is 1.54. The van der Waals surface area contributed by atoms with Gasteiger partial charge in [-0.25, -0.2) is 9.97 Å². The topological polar surface area (TPSA) is 64.9 Å². The largest absolute Gasteiger partial charge is 0.424 e. The molecule has 66 valence electrons. The van der Waals surface area contributed by atoms with E-state index in [0.717, 1.165) is 5.56 Å². The number of nitrogen functional groups attached to an aromatic ring is 1. The number of nitrogens with zero attached hydrogens (tertiary/aromatic N) is 2. The molecule has 2 N–H and O–H groups in total. The van der Waals surface area contributed by atoms with Crippen LogP contribution >= 0.6 is 11.6 Å². The predicted octanol–water partition coefficient (Wildman–Crippen LogP) is 1.97. The van der Waals surface area contributed by atoms with Gasteiger partial charge in [0.05, 0.1) is 6.20 Å². The smallest absolute Gasteiger partial charge is 0.292 e. The van der Waals surface area contributed by atoms with E-state index in [1.165, 1.54) is 0 Å². The van der Waals surface area contributed by atoms with E-state index in [2.05, 4.69) is 9.97 Å². The van der Waals surface area contributed by atoms with Gasteiger partial charge in [-0.05, 0) is 12.1 Å². The van der Waals surface area contributed by atoms with Gasteiger partial charge in [-0.15, -0.1) is 0 Å². The van der Waals surface area contributed by atoms with E-state index in [9.17, 15) is 0 Å². The zero-order chi connectivity index (χ0) is 9.26. The summed E-state index contributed by atoms with van der Waals surface area (Å²) >= 11 is 5.62. The molecule has 5 heteroatoms. The van der Waals surface area contributed by atoms with E-state index >= 15 is 0 Å². The standard InChI is InChI=1S/C8H6ClN3O/c9-7-2-1-5(3-11-7)6-4-12-8(10)13-6/h1-4H,(H2,10,12). The van der Waals surface area contributed by atoms with Gasteiger partial charge in [-0.1, -0.05) is 11.6 Å². The third kappa shape index (κ3) is 1.62. The monoisotopic (exact) mass is 195 g/mol. The Morgan fingerprint density at radius 3 is 2.62 bits per heavy atom. The number of oxazole rings is 1. The summed E-state index contributed by atoms with van der Waals surface area (Å²) in [7, 11) is 0. The van der Waals surface area contributed by atoms with Crippen molar-refractivity contribution in [3.8, 4) is 11.3 Å². The lowest BCUT2D eigenvalue weighted by molar-refractivity contribution is 0.594. The van der Waals surface area contributed by atoms with Crippen LogP contribution in [-0.2, 0) is 0 Å². The minimum absolute atomic E-state index is 0.143. The van der Waals surface area contributed by atoms with Crippen molar-refractivity contribution in [1.82, 2.24) is 9.97 Å². The molecule has 13 heavy (non-hydrogen) atoms. The van der Waals surface area contributed by atoms with Gasteiger partial charge in [-0.3, -0.25) is 0 Å². The summed E-state index contributed by atoms with van der Waals surface area (Å²) in [6.07, 6.45) is 3.14. The molecule has 4 nitrogen and oxygen atoms in total. The molecule has 2 heterocycles. The van der Waals surface area contributed by atoms with Crippen molar-refractivity contribution in [3.05, 3.63) is 29.7 Å². The summed E-state index contributed by atoms with van der Waals surface area (Å²) in [5.41, 5.74) is 6.12. The van der Waals surface area contributed by atoms with E-state index in [1.54, 1.807) is 24.5 Å². The molecule has 0 fully saturated rings. The van der Waals surface area contributed by atoms with Crippen molar-refractivity contribution in [2.75, 3.05) is 5.73 Å². The number of pyridine rings is 1. The van der Waals surface area contributed by atoms with Crippen LogP contribution in [0.5, 0.6) is 0 Å². The molecule has 0 saturated heterocycles. The summed E-state index contributed by atoms with van der Waals surface area (Å²) in [6.45, 7) is 0. The zero-order valence-electron chi connectivity index (χ0n) is 6.57. The van der Waals surface area contributed by atoms with Gasteiger partial charge in [0.25, 0.3) is 6.01 Å². The molecule has 0 radical (unpaired) electrons. The Morgan fingerprint density at radius 2 is 2.08 bits per heavy atom. The van der Waals surface area contributed by atoms with Crippen LogP contribution in [-0.4, -0.2) is 9.97 Å². The normalized spacial score (nSPS) is 10.2. The number of rotatable bonds is 1. The van der Waals surface area contributed by atoms with E-state index in [-0.39, 0.29) is 6.01 Å². The van der Waals surface area contributed by atoms with Crippen LogP contribution in [0.4, 0.5) is 6.01 Å². The van der Waals surface area contributed by atoms with Gasteiger partial charge < -0.3 is 10.2 Å². The highest BCUT2D eigenvalue weighted by Crippen LogP contribution is 2.20. The lowest BCUT2D eigenvalue weighted by atomic mass is 10.2. The fourth-order valence-corrected chi connectivity index (χ4v) is 1.05. The molecule has 0 aliphatic carbocycles. The molecule has 0 aliphatic rings. The van der Waals surface area contributed by atoms with Gasteiger partial charge >= 0.3 is 0 Å². The maximum absolute atomic E-state index is 5.62. The summed E-state index contributed by atoms with van der Waals surface area (Å²) in [5, 5.41) is 0.441. The minimum atomic E-state index is 0.143. The maximum atomic E-state index is 5.62. The minimum Gasteiger partial charge on any atom is -0.424 e. The molecule has 2 aromatic heterocycles. The highest BCUT2D eigenvalue weighted by molar-refractivity contribution is 6.29. The Hall–Kier alpha value is -1.55. The first-order valence-corrected chi connectivity index (χ1v) is 3.97. The second-order valence-corrected chi connectivity index (χ2v) is 2.82. The van der Waals surface area contributed by atoms with Gasteiger partial charge in [-0.2, -0.15) is 0 Å². The van der Waals surface area contributed by atoms with E-state index in [0.29, 0.717) is 10.9 Å². The highest BCUT2D eigenvalue weighted by atomic mass is 35.5. The summed E-state index contributed by atoms with van der Waals surface area (Å²) in [4.78, 5) is 7.67. The van der Waals surface area contributed by atoms with Crippen LogP contribution < -0.4 is 5.73 Å². The Bertz CT molecular complexity index is 410. The first kappa shape index (κ1) is 8.07. The molecule has 0 atom stereocenters. The van der Waals surface area contributed by atoms with E-state index in [4.69, 9.17) is 21.8 Å². The molecule has 0 unspecified atom stereocenters.